The van der Waals surface area contributed by atoms with Gasteiger partial charge in [0.1, 0.15) is 5.78 Å². The highest BCUT2D eigenvalue weighted by atomic mass is 16.1. The fourth-order valence-electron chi connectivity index (χ4n) is 2.43. The van der Waals surface area contributed by atoms with Crippen molar-refractivity contribution in [1.29, 1.82) is 0 Å². The van der Waals surface area contributed by atoms with Gasteiger partial charge < -0.3 is 5.32 Å². The van der Waals surface area contributed by atoms with Gasteiger partial charge in [0.2, 0.25) is 0 Å². The first kappa shape index (κ1) is 12.7. The van der Waals surface area contributed by atoms with Crippen LogP contribution in [0, 0.1) is 0 Å². The van der Waals surface area contributed by atoms with E-state index in [9.17, 15) is 4.79 Å². The van der Waals surface area contributed by atoms with Gasteiger partial charge in [0.05, 0.1) is 0 Å². The SMILES string of the molecule is CCCCC1(NCCC)CCC(=O)CC1. The summed E-state index contributed by atoms with van der Waals surface area (Å²) in [5, 5.41) is 3.69. The number of carbonyl (C=O) groups is 1. The van der Waals surface area contributed by atoms with E-state index < -0.39 is 0 Å². The van der Waals surface area contributed by atoms with E-state index in [2.05, 4.69) is 19.2 Å². The minimum absolute atomic E-state index is 0.292. The van der Waals surface area contributed by atoms with E-state index in [-0.39, 0.29) is 0 Å². The van der Waals surface area contributed by atoms with Crippen LogP contribution in [0.3, 0.4) is 0 Å². The molecule has 1 aliphatic rings. The molecule has 1 rings (SSSR count). The largest absolute Gasteiger partial charge is 0.311 e. The van der Waals surface area contributed by atoms with Crippen LogP contribution < -0.4 is 5.32 Å². The van der Waals surface area contributed by atoms with Crippen LogP contribution in [-0.4, -0.2) is 17.9 Å². The molecule has 1 fully saturated rings. The smallest absolute Gasteiger partial charge is 0.133 e. The van der Waals surface area contributed by atoms with Crippen LogP contribution in [0.1, 0.15) is 65.2 Å². The van der Waals surface area contributed by atoms with Gasteiger partial charge in [-0.3, -0.25) is 4.79 Å². The van der Waals surface area contributed by atoms with Crippen LogP contribution in [0.5, 0.6) is 0 Å². The fourth-order valence-corrected chi connectivity index (χ4v) is 2.43. The third-order valence-electron chi connectivity index (χ3n) is 3.52. The second kappa shape index (κ2) is 6.26. The molecular formula is C13H25NO. The normalized spacial score (nSPS) is 20.5. The van der Waals surface area contributed by atoms with E-state index in [0.717, 1.165) is 32.2 Å². The Morgan fingerprint density at radius 2 is 1.87 bits per heavy atom. The zero-order valence-electron chi connectivity index (χ0n) is 10.3. The highest BCUT2D eigenvalue weighted by molar-refractivity contribution is 5.79. The fraction of sp³-hybridized carbons (Fsp3) is 0.923. The molecule has 1 saturated carbocycles. The molecule has 15 heavy (non-hydrogen) atoms. The minimum atomic E-state index is 0.292. The second-order valence-electron chi connectivity index (χ2n) is 4.85. The molecule has 0 aromatic rings. The zero-order valence-corrected chi connectivity index (χ0v) is 10.3. The first-order valence-corrected chi connectivity index (χ1v) is 6.49. The number of carbonyl (C=O) groups excluding carboxylic acids is 1. The third-order valence-corrected chi connectivity index (χ3v) is 3.52. The van der Waals surface area contributed by atoms with E-state index in [1.807, 2.05) is 0 Å². The number of hydrogen-bond donors (Lipinski definition) is 1. The van der Waals surface area contributed by atoms with Crippen LogP contribution in [-0.2, 0) is 4.79 Å². The van der Waals surface area contributed by atoms with Crippen molar-refractivity contribution in [2.24, 2.45) is 0 Å². The van der Waals surface area contributed by atoms with E-state index in [1.54, 1.807) is 0 Å². The summed E-state index contributed by atoms with van der Waals surface area (Å²) in [5.74, 6) is 0.459. The summed E-state index contributed by atoms with van der Waals surface area (Å²) in [7, 11) is 0. The lowest BCUT2D eigenvalue weighted by molar-refractivity contribution is -0.121. The second-order valence-corrected chi connectivity index (χ2v) is 4.85. The minimum Gasteiger partial charge on any atom is -0.311 e. The van der Waals surface area contributed by atoms with Crippen molar-refractivity contribution in [3.8, 4) is 0 Å². The maximum absolute atomic E-state index is 11.3. The van der Waals surface area contributed by atoms with Crippen molar-refractivity contribution in [1.82, 2.24) is 5.32 Å². The van der Waals surface area contributed by atoms with Gasteiger partial charge in [-0.2, -0.15) is 0 Å². The summed E-state index contributed by atoms with van der Waals surface area (Å²) < 4.78 is 0. The zero-order chi connectivity index (χ0) is 11.1. The monoisotopic (exact) mass is 211 g/mol. The van der Waals surface area contributed by atoms with Gasteiger partial charge in [-0.15, -0.1) is 0 Å². The molecular weight excluding hydrogens is 186 g/mol. The first-order chi connectivity index (χ1) is 7.22. The van der Waals surface area contributed by atoms with E-state index in [4.69, 9.17) is 0 Å². The predicted molar refractivity (Wildman–Crippen MR) is 64.0 cm³/mol. The summed E-state index contributed by atoms with van der Waals surface area (Å²) in [6, 6.07) is 0. The van der Waals surface area contributed by atoms with Crippen molar-refractivity contribution in [3.63, 3.8) is 0 Å². The number of Topliss-reactive ketones (excluding diaryl/α,β-unsaturated/α-hetero) is 1. The van der Waals surface area contributed by atoms with Crippen molar-refractivity contribution in [3.05, 3.63) is 0 Å². The Hall–Kier alpha value is -0.370. The Morgan fingerprint density at radius 1 is 1.20 bits per heavy atom. The Balaban J connectivity index is 2.47. The molecule has 0 aromatic heterocycles. The highest BCUT2D eigenvalue weighted by Gasteiger charge is 2.32. The van der Waals surface area contributed by atoms with Crippen LogP contribution in [0.4, 0.5) is 0 Å². The molecule has 88 valence electrons. The van der Waals surface area contributed by atoms with Crippen LogP contribution in [0.25, 0.3) is 0 Å². The van der Waals surface area contributed by atoms with E-state index in [0.29, 0.717) is 11.3 Å². The molecule has 0 aliphatic heterocycles. The number of ketones is 1. The summed E-state index contributed by atoms with van der Waals surface area (Å²) in [6.45, 7) is 5.54. The van der Waals surface area contributed by atoms with Crippen molar-refractivity contribution < 1.29 is 4.79 Å². The number of rotatable bonds is 6. The average Bonchev–Trinajstić information content (AvgIpc) is 2.27. The van der Waals surface area contributed by atoms with Crippen molar-refractivity contribution in [2.45, 2.75) is 70.8 Å². The predicted octanol–water partition coefficient (Wildman–Crippen LogP) is 3.06. The summed E-state index contributed by atoms with van der Waals surface area (Å²) in [5.41, 5.74) is 0.292. The van der Waals surface area contributed by atoms with Crippen molar-refractivity contribution >= 4 is 5.78 Å². The molecule has 0 atom stereocenters. The number of unbranched alkanes of at least 4 members (excludes halogenated alkanes) is 1. The molecule has 0 bridgehead atoms. The Bertz CT molecular complexity index is 181. The van der Waals surface area contributed by atoms with Gasteiger partial charge in [-0.1, -0.05) is 26.7 Å². The lowest BCUT2D eigenvalue weighted by atomic mass is 9.77. The van der Waals surface area contributed by atoms with Gasteiger partial charge in [0.25, 0.3) is 0 Å². The third kappa shape index (κ3) is 3.94. The van der Waals surface area contributed by atoms with E-state index in [1.165, 1.54) is 25.7 Å². The molecule has 0 aromatic carbocycles. The van der Waals surface area contributed by atoms with Gasteiger partial charge >= 0.3 is 0 Å². The summed E-state index contributed by atoms with van der Waals surface area (Å²) >= 11 is 0. The topological polar surface area (TPSA) is 29.1 Å². The molecule has 0 amide bonds. The molecule has 0 heterocycles. The summed E-state index contributed by atoms with van der Waals surface area (Å²) in [6.07, 6.45) is 8.67. The Kier molecular flexibility index (Phi) is 5.30. The lowest BCUT2D eigenvalue weighted by Gasteiger charge is -2.38. The van der Waals surface area contributed by atoms with Gasteiger partial charge in [0.15, 0.2) is 0 Å². The molecule has 0 unspecified atom stereocenters. The van der Waals surface area contributed by atoms with Gasteiger partial charge in [-0.25, -0.2) is 0 Å². The first-order valence-electron chi connectivity index (χ1n) is 6.49. The maximum atomic E-state index is 11.3. The molecule has 2 nitrogen and oxygen atoms in total. The molecule has 0 saturated heterocycles. The van der Waals surface area contributed by atoms with Crippen molar-refractivity contribution in [2.75, 3.05) is 6.54 Å². The maximum Gasteiger partial charge on any atom is 0.133 e. The molecule has 2 heteroatoms. The molecule has 1 N–H and O–H groups in total. The quantitative estimate of drug-likeness (QED) is 0.731. The van der Waals surface area contributed by atoms with Crippen LogP contribution >= 0.6 is 0 Å². The average molecular weight is 211 g/mol. The standard InChI is InChI=1S/C13H25NO/c1-3-5-8-13(14-11-4-2)9-6-12(15)7-10-13/h14H,3-11H2,1-2H3. The Labute approximate surface area is 93.8 Å². The van der Waals surface area contributed by atoms with Gasteiger partial charge in [-0.05, 0) is 32.2 Å². The molecule has 0 radical (unpaired) electrons. The number of hydrogen-bond acceptors (Lipinski definition) is 2. The van der Waals surface area contributed by atoms with Crippen LogP contribution in [0.2, 0.25) is 0 Å². The molecule has 1 aliphatic carbocycles. The van der Waals surface area contributed by atoms with Crippen LogP contribution in [0.15, 0.2) is 0 Å². The van der Waals surface area contributed by atoms with Gasteiger partial charge in [0, 0.05) is 18.4 Å². The Morgan fingerprint density at radius 3 is 2.40 bits per heavy atom. The van der Waals surface area contributed by atoms with E-state index >= 15 is 0 Å². The number of nitrogens with one attached hydrogen (secondary N) is 1. The highest BCUT2D eigenvalue weighted by Crippen LogP contribution is 2.30. The lowest BCUT2D eigenvalue weighted by Crippen LogP contribution is -2.48. The summed E-state index contributed by atoms with van der Waals surface area (Å²) in [4.78, 5) is 11.3. The molecule has 0 spiro atoms.